The van der Waals surface area contributed by atoms with Crippen LogP contribution in [0.1, 0.15) is 15.9 Å². The average molecular weight is 285 g/mol. The van der Waals surface area contributed by atoms with Crippen LogP contribution in [0.2, 0.25) is 0 Å². The minimum Gasteiger partial charge on any atom is -0.495 e. The van der Waals surface area contributed by atoms with Crippen LogP contribution in [0.15, 0.2) is 48.5 Å². The Morgan fingerprint density at radius 2 is 2.00 bits per heavy atom. The number of carbonyl (C=O) groups is 1. The van der Waals surface area contributed by atoms with Crippen molar-refractivity contribution in [1.29, 1.82) is 0 Å². The number of hydrogen-bond acceptors (Lipinski definition) is 4. The van der Waals surface area contributed by atoms with Crippen molar-refractivity contribution in [3.8, 4) is 5.75 Å². The molecular formula is C16H19N3O2. The molecule has 0 radical (unpaired) electrons. The zero-order valence-corrected chi connectivity index (χ0v) is 12.2. The number of anilines is 1. The highest BCUT2D eigenvalue weighted by molar-refractivity contribution is 5.93. The highest BCUT2D eigenvalue weighted by Crippen LogP contribution is 2.27. The molecule has 0 aliphatic carbocycles. The van der Waals surface area contributed by atoms with E-state index >= 15 is 0 Å². The molecule has 3 N–H and O–H groups in total. The van der Waals surface area contributed by atoms with Crippen LogP contribution in [0.25, 0.3) is 0 Å². The van der Waals surface area contributed by atoms with Gasteiger partial charge in [0.1, 0.15) is 5.75 Å². The van der Waals surface area contributed by atoms with E-state index < -0.39 is 0 Å². The maximum Gasteiger partial charge on any atom is 0.265 e. The predicted octanol–water partition coefficient (Wildman–Crippen LogP) is 1.94. The van der Waals surface area contributed by atoms with Crippen LogP contribution in [0.5, 0.6) is 5.75 Å². The van der Waals surface area contributed by atoms with Crippen LogP contribution in [0.4, 0.5) is 5.69 Å². The molecule has 0 unspecified atom stereocenters. The molecule has 0 spiro atoms. The molecule has 2 aromatic rings. The van der Waals surface area contributed by atoms with Gasteiger partial charge in [0.05, 0.1) is 12.8 Å². The zero-order valence-electron chi connectivity index (χ0n) is 12.2. The number of nitrogens with two attached hydrogens (primary N) is 1. The van der Waals surface area contributed by atoms with Gasteiger partial charge in [0.2, 0.25) is 0 Å². The summed E-state index contributed by atoms with van der Waals surface area (Å²) in [4.78, 5) is 13.6. The molecule has 0 fully saturated rings. The van der Waals surface area contributed by atoms with Crippen LogP contribution in [0.3, 0.4) is 0 Å². The largest absolute Gasteiger partial charge is 0.495 e. The summed E-state index contributed by atoms with van der Waals surface area (Å²) in [5, 5.41) is 0. The lowest BCUT2D eigenvalue weighted by molar-refractivity contribution is 0.0953. The lowest BCUT2D eigenvalue weighted by Gasteiger charge is -2.22. The summed E-state index contributed by atoms with van der Waals surface area (Å²) in [5.41, 5.74) is 4.70. The Balaban J connectivity index is 2.19. The van der Waals surface area contributed by atoms with Crippen LogP contribution in [-0.4, -0.2) is 20.1 Å². The Bertz CT molecular complexity index is 628. The number of rotatable bonds is 5. The maximum atomic E-state index is 11.6. The highest BCUT2D eigenvalue weighted by atomic mass is 16.5. The number of hydrogen-bond donors (Lipinski definition) is 2. The van der Waals surface area contributed by atoms with E-state index in [4.69, 9.17) is 10.6 Å². The summed E-state index contributed by atoms with van der Waals surface area (Å²) in [6.07, 6.45) is 0. The Kier molecular flexibility index (Phi) is 4.79. The molecule has 21 heavy (non-hydrogen) atoms. The van der Waals surface area contributed by atoms with E-state index in [0.717, 1.165) is 17.0 Å². The Labute approximate surface area is 124 Å². The van der Waals surface area contributed by atoms with E-state index in [9.17, 15) is 4.79 Å². The van der Waals surface area contributed by atoms with Gasteiger partial charge in [-0.05, 0) is 29.8 Å². The van der Waals surface area contributed by atoms with Crippen LogP contribution < -0.4 is 20.9 Å². The fourth-order valence-electron chi connectivity index (χ4n) is 2.20. The van der Waals surface area contributed by atoms with Gasteiger partial charge in [0.25, 0.3) is 5.91 Å². The van der Waals surface area contributed by atoms with Crippen LogP contribution >= 0.6 is 0 Å². The minimum absolute atomic E-state index is 0.295. The second kappa shape index (κ2) is 6.76. The first-order valence-corrected chi connectivity index (χ1v) is 6.59. The monoisotopic (exact) mass is 285 g/mol. The van der Waals surface area contributed by atoms with Gasteiger partial charge in [-0.15, -0.1) is 0 Å². The molecule has 5 heteroatoms. The molecule has 0 heterocycles. The fraction of sp³-hybridized carbons (Fsp3) is 0.188. The van der Waals surface area contributed by atoms with Gasteiger partial charge in [-0.2, -0.15) is 0 Å². The molecule has 0 saturated heterocycles. The molecule has 0 aromatic heterocycles. The standard InChI is InChI=1S/C16H19N3O2/c1-19(14-8-3-4-9-15(14)21-2)11-12-6-5-7-13(10-12)16(20)18-17/h3-10H,11,17H2,1-2H3,(H,18,20). The number of nitrogens with zero attached hydrogens (tertiary/aromatic N) is 1. The van der Waals surface area contributed by atoms with Gasteiger partial charge in [-0.25, -0.2) is 5.84 Å². The van der Waals surface area contributed by atoms with Crippen LogP contribution in [-0.2, 0) is 6.54 Å². The molecular weight excluding hydrogens is 266 g/mol. The number of para-hydroxylation sites is 2. The smallest absolute Gasteiger partial charge is 0.265 e. The number of hydrazine groups is 1. The molecule has 2 aromatic carbocycles. The number of nitrogen functional groups attached to an aromatic ring is 1. The van der Waals surface area contributed by atoms with E-state index in [1.807, 2.05) is 49.5 Å². The van der Waals surface area contributed by atoms with Crippen LogP contribution in [0, 0.1) is 0 Å². The second-order valence-corrected chi connectivity index (χ2v) is 4.70. The van der Waals surface area contributed by atoms with E-state index in [1.54, 1.807) is 13.2 Å². The van der Waals surface area contributed by atoms with Crippen molar-refractivity contribution < 1.29 is 9.53 Å². The van der Waals surface area contributed by atoms with Crippen molar-refractivity contribution in [2.45, 2.75) is 6.54 Å². The molecule has 5 nitrogen and oxygen atoms in total. The lowest BCUT2D eigenvalue weighted by atomic mass is 10.1. The molecule has 0 atom stereocenters. The van der Waals surface area contributed by atoms with E-state index in [2.05, 4.69) is 10.3 Å². The number of methoxy groups -OCH3 is 1. The lowest BCUT2D eigenvalue weighted by Crippen LogP contribution is -2.30. The fourth-order valence-corrected chi connectivity index (χ4v) is 2.20. The summed E-state index contributed by atoms with van der Waals surface area (Å²) in [6.45, 7) is 0.659. The first-order valence-electron chi connectivity index (χ1n) is 6.59. The Hall–Kier alpha value is -2.53. The third-order valence-electron chi connectivity index (χ3n) is 3.24. The summed E-state index contributed by atoms with van der Waals surface area (Å²) in [7, 11) is 3.63. The van der Waals surface area contributed by atoms with Gasteiger partial charge in [0.15, 0.2) is 0 Å². The average Bonchev–Trinajstić information content (AvgIpc) is 2.54. The summed E-state index contributed by atoms with van der Waals surface area (Å²) in [5.74, 6) is 5.68. The molecule has 0 bridgehead atoms. The first-order chi connectivity index (χ1) is 10.2. The summed E-state index contributed by atoms with van der Waals surface area (Å²) >= 11 is 0. The summed E-state index contributed by atoms with van der Waals surface area (Å²) in [6, 6.07) is 15.2. The van der Waals surface area contributed by atoms with Crippen molar-refractivity contribution in [1.82, 2.24) is 5.43 Å². The Morgan fingerprint density at radius 1 is 1.24 bits per heavy atom. The molecule has 0 aliphatic heterocycles. The van der Waals surface area contributed by atoms with Crippen molar-refractivity contribution >= 4 is 11.6 Å². The number of amides is 1. The highest BCUT2D eigenvalue weighted by Gasteiger charge is 2.09. The third-order valence-corrected chi connectivity index (χ3v) is 3.24. The van der Waals surface area contributed by atoms with Gasteiger partial charge in [-0.1, -0.05) is 24.3 Å². The number of carbonyl (C=O) groups excluding carboxylic acids is 1. The number of nitrogens with one attached hydrogen (secondary N) is 1. The topological polar surface area (TPSA) is 67.6 Å². The molecule has 110 valence electrons. The van der Waals surface area contributed by atoms with E-state index in [0.29, 0.717) is 12.1 Å². The molecule has 1 amide bonds. The minimum atomic E-state index is -0.295. The Morgan fingerprint density at radius 3 is 2.71 bits per heavy atom. The first kappa shape index (κ1) is 14.9. The van der Waals surface area contributed by atoms with Gasteiger partial charge in [0, 0.05) is 19.2 Å². The van der Waals surface area contributed by atoms with Gasteiger partial charge < -0.3 is 9.64 Å². The molecule has 0 saturated carbocycles. The zero-order chi connectivity index (χ0) is 15.2. The second-order valence-electron chi connectivity index (χ2n) is 4.70. The molecule has 2 rings (SSSR count). The summed E-state index contributed by atoms with van der Waals surface area (Å²) < 4.78 is 5.36. The van der Waals surface area contributed by atoms with Gasteiger partial charge >= 0.3 is 0 Å². The normalized spacial score (nSPS) is 10.0. The SMILES string of the molecule is COc1ccccc1N(C)Cc1cccc(C(=O)NN)c1. The quantitative estimate of drug-likeness (QED) is 0.500. The maximum absolute atomic E-state index is 11.6. The number of benzene rings is 2. The van der Waals surface area contributed by atoms with Crippen molar-refractivity contribution in [3.05, 3.63) is 59.7 Å². The van der Waals surface area contributed by atoms with E-state index in [1.165, 1.54) is 0 Å². The predicted molar refractivity (Wildman–Crippen MR) is 83.2 cm³/mol. The number of ether oxygens (including phenoxy) is 1. The molecule has 0 aliphatic rings. The van der Waals surface area contributed by atoms with Crippen molar-refractivity contribution in [2.24, 2.45) is 5.84 Å². The third kappa shape index (κ3) is 3.52. The van der Waals surface area contributed by atoms with E-state index in [-0.39, 0.29) is 5.91 Å². The van der Waals surface area contributed by atoms with Crippen molar-refractivity contribution in [2.75, 3.05) is 19.1 Å². The van der Waals surface area contributed by atoms with Gasteiger partial charge in [-0.3, -0.25) is 10.2 Å². The van der Waals surface area contributed by atoms with Crippen molar-refractivity contribution in [3.63, 3.8) is 0 Å².